The summed E-state index contributed by atoms with van der Waals surface area (Å²) in [5, 5.41) is 23.0. The van der Waals surface area contributed by atoms with Gasteiger partial charge in [-0.3, -0.25) is 0 Å². The van der Waals surface area contributed by atoms with Crippen LogP contribution in [0.25, 0.3) is 28.0 Å². The van der Waals surface area contributed by atoms with Gasteiger partial charge in [-0.05, 0) is 35.4 Å². The molecule has 2 aromatic heterocycles. The van der Waals surface area contributed by atoms with E-state index in [1.165, 1.54) is 0 Å². The van der Waals surface area contributed by atoms with Gasteiger partial charge >= 0.3 is 11.3 Å². The predicted octanol–water partition coefficient (Wildman–Crippen LogP) is 5.13. The Morgan fingerprint density at radius 2 is 1.15 bits per heavy atom. The average molecular weight is 438 g/mol. The summed E-state index contributed by atoms with van der Waals surface area (Å²) in [7, 11) is 0. The van der Waals surface area contributed by atoms with E-state index in [4.69, 9.17) is 8.83 Å². The van der Waals surface area contributed by atoms with Crippen LogP contribution in [-0.4, -0.2) is 10.2 Å². The van der Waals surface area contributed by atoms with Crippen molar-refractivity contribution < 1.29 is 19.0 Å². The van der Waals surface area contributed by atoms with Gasteiger partial charge in [0.2, 0.25) is 0 Å². The molecule has 2 N–H and O–H groups in total. The van der Waals surface area contributed by atoms with Gasteiger partial charge in [-0.2, -0.15) is 0 Å². The summed E-state index contributed by atoms with van der Waals surface area (Å²) < 4.78 is 11.0. The van der Waals surface area contributed by atoms with E-state index in [0.29, 0.717) is 21.9 Å². The largest absolute Gasteiger partial charge is 0.507 e. The molecule has 0 aliphatic rings. The van der Waals surface area contributed by atoms with E-state index in [1.807, 2.05) is 0 Å². The molecule has 0 fully saturated rings. The maximum absolute atomic E-state index is 13.2. The molecule has 0 unspecified atom stereocenters. The number of benzene rings is 3. The third-order valence-corrected chi connectivity index (χ3v) is 5.74. The molecule has 0 amide bonds. The first-order valence-electron chi connectivity index (χ1n) is 10.2. The second-order valence-corrected chi connectivity index (χ2v) is 7.56. The third-order valence-electron chi connectivity index (χ3n) is 5.74. The molecule has 5 rings (SSSR count). The summed E-state index contributed by atoms with van der Waals surface area (Å²) in [6.07, 6.45) is 1.57. The van der Waals surface area contributed by atoms with Gasteiger partial charge in [-0.1, -0.05) is 61.2 Å². The summed E-state index contributed by atoms with van der Waals surface area (Å²) in [4.78, 5) is 26.3. The zero-order valence-electron chi connectivity index (χ0n) is 17.3. The highest BCUT2D eigenvalue weighted by Crippen LogP contribution is 2.42. The van der Waals surface area contributed by atoms with Crippen molar-refractivity contribution in [2.75, 3.05) is 0 Å². The zero-order chi connectivity index (χ0) is 23.1. The van der Waals surface area contributed by atoms with Gasteiger partial charge in [0.15, 0.2) is 0 Å². The van der Waals surface area contributed by atoms with E-state index >= 15 is 0 Å². The standard InChI is InChI=1S/C27H18O6/c1-2-15-9-3-4-10-16(15)21(22-24(28)17-11-5-7-13-19(17)32-26(22)30)23-25(29)18-12-6-8-14-20(18)33-27(23)31/h2-14,21,28-29H,1H2. The Kier molecular flexibility index (Phi) is 4.83. The summed E-state index contributed by atoms with van der Waals surface area (Å²) in [5.74, 6) is -1.85. The van der Waals surface area contributed by atoms with E-state index in [-0.39, 0.29) is 33.8 Å². The first-order chi connectivity index (χ1) is 16.0. The third kappa shape index (κ3) is 3.20. The summed E-state index contributed by atoms with van der Waals surface area (Å²) in [6, 6.07) is 20.1. The molecule has 0 bridgehead atoms. The highest BCUT2D eigenvalue weighted by atomic mass is 16.4. The van der Waals surface area contributed by atoms with E-state index < -0.39 is 17.2 Å². The van der Waals surface area contributed by atoms with E-state index in [2.05, 4.69) is 6.58 Å². The first-order valence-corrected chi connectivity index (χ1v) is 10.2. The minimum Gasteiger partial charge on any atom is -0.507 e. The minimum absolute atomic E-state index is 0.180. The summed E-state index contributed by atoms with van der Waals surface area (Å²) in [6.45, 7) is 3.82. The summed E-state index contributed by atoms with van der Waals surface area (Å²) >= 11 is 0. The number of para-hydroxylation sites is 2. The Hall–Kier alpha value is -4.58. The molecular formula is C27H18O6. The lowest BCUT2D eigenvalue weighted by Crippen LogP contribution is -2.21. The van der Waals surface area contributed by atoms with Crippen LogP contribution in [0.15, 0.2) is 97.8 Å². The molecule has 0 aliphatic heterocycles. The predicted molar refractivity (Wildman–Crippen MR) is 126 cm³/mol. The Labute approximate surface area is 187 Å². The van der Waals surface area contributed by atoms with Crippen LogP contribution in [0.4, 0.5) is 0 Å². The van der Waals surface area contributed by atoms with Crippen molar-refractivity contribution in [3.8, 4) is 11.5 Å². The van der Waals surface area contributed by atoms with Gasteiger partial charge < -0.3 is 19.0 Å². The van der Waals surface area contributed by atoms with Crippen LogP contribution < -0.4 is 11.3 Å². The zero-order valence-corrected chi connectivity index (χ0v) is 17.3. The van der Waals surface area contributed by atoms with Crippen LogP contribution in [0.2, 0.25) is 0 Å². The SMILES string of the molecule is C=Cc1ccccc1C(c1c(O)c2ccccc2oc1=O)c1c(O)c2ccccc2oc1=O. The molecule has 0 aliphatic carbocycles. The molecule has 0 radical (unpaired) electrons. The molecule has 33 heavy (non-hydrogen) atoms. The molecule has 3 aromatic carbocycles. The van der Waals surface area contributed by atoms with Gasteiger partial charge in [0, 0.05) is 0 Å². The molecule has 6 heteroatoms. The fourth-order valence-electron chi connectivity index (χ4n) is 4.22. The second-order valence-electron chi connectivity index (χ2n) is 7.56. The van der Waals surface area contributed by atoms with Crippen molar-refractivity contribution in [3.05, 3.63) is 122 Å². The molecule has 6 nitrogen and oxygen atoms in total. The van der Waals surface area contributed by atoms with E-state index in [0.717, 1.165) is 0 Å². The van der Waals surface area contributed by atoms with Crippen molar-refractivity contribution in [2.45, 2.75) is 5.92 Å². The topological polar surface area (TPSA) is 101 Å². The van der Waals surface area contributed by atoms with Crippen LogP contribution in [0.5, 0.6) is 11.5 Å². The number of rotatable bonds is 4. The van der Waals surface area contributed by atoms with Gasteiger partial charge in [0.25, 0.3) is 0 Å². The van der Waals surface area contributed by atoms with Crippen molar-refractivity contribution in [2.24, 2.45) is 0 Å². The van der Waals surface area contributed by atoms with Crippen molar-refractivity contribution in [1.29, 1.82) is 0 Å². The molecule has 5 aromatic rings. The lowest BCUT2D eigenvalue weighted by atomic mass is 9.82. The molecule has 0 saturated carbocycles. The molecule has 0 saturated heterocycles. The van der Waals surface area contributed by atoms with Crippen molar-refractivity contribution >= 4 is 28.0 Å². The number of hydrogen-bond acceptors (Lipinski definition) is 6. The second kappa shape index (κ2) is 7.84. The van der Waals surface area contributed by atoms with Crippen LogP contribution >= 0.6 is 0 Å². The monoisotopic (exact) mass is 438 g/mol. The van der Waals surface area contributed by atoms with Crippen LogP contribution in [0, 0.1) is 0 Å². The molecule has 2 heterocycles. The Balaban J connectivity index is 1.95. The number of fused-ring (bicyclic) bond motifs is 2. The van der Waals surface area contributed by atoms with Crippen LogP contribution in [0.3, 0.4) is 0 Å². The maximum atomic E-state index is 13.2. The Morgan fingerprint density at radius 1 is 0.697 bits per heavy atom. The highest BCUT2D eigenvalue weighted by molar-refractivity contribution is 5.87. The van der Waals surface area contributed by atoms with Gasteiger partial charge in [0.05, 0.1) is 27.8 Å². The van der Waals surface area contributed by atoms with E-state index in [9.17, 15) is 19.8 Å². The first kappa shape index (κ1) is 20.3. The Bertz CT molecular complexity index is 1560. The van der Waals surface area contributed by atoms with Crippen LogP contribution in [0.1, 0.15) is 28.2 Å². The Morgan fingerprint density at radius 3 is 1.67 bits per heavy atom. The molecule has 162 valence electrons. The van der Waals surface area contributed by atoms with E-state index in [1.54, 1.807) is 78.9 Å². The van der Waals surface area contributed by atoms with Gasteiger partial charge in [-0.25, -0.2) is 9.59 Å². The van der Waals surface area contributed by atoms with Gasteiger partial charge in [0.1, 0.15) is 22.7 Å². The smallest absolute Gasteiger partial charge is 0.344 e. The number of hydrogen-bond donors (Lipinski definition) is 2. The number of aromatic hydroxyl groups is 2. The molecular weight excluding hydrogens is 420 g/mol. The van der Waals surface area contributed by atoms with Crippen molar-refractivity contribution in [3.63, 3.8) is 0 Å². The average Bonchev–Trinajstić information content (AvgIpc) is 2.83. The lowest BCUT2D eigenvalue weighted by Gasteiger charge is -2.21. The fourth-order valence-corrected chi connectivity index (χ4v) is 4.22. The van der Waals surface area contributed by atoms with Crippen molar-refractivity contribution in [1.82, 2.24) is 0 Å². The molecule has 0 atom stereocenters. The molecule has 0 spiro atoms. The minimum atomic E-state index is -1.18. The lowest BCUT2D eigenvalue weighted by molar-refractivity contribution is 0.441. The normalized spacial score (nSPS) is 11.3. The van der Waals surface area contributed by atoms with Gasteiger partial charge in [-0.15, -0.1) is 0 Å². The van der Waals surface area contributed by atoms with Crippen LogP contribution in [-0.2, 0) is 0 Å². The summed E-state index contributed by atoms with van der Waals surface area (Å²) in [5.41, 5.74) is -0.529. The fraction of sp³-hybridized carbons (Fsp3) is 0.0370. The highest BCUT2D eigenvalue weighted by Gasteiger charge is 2.33. The quantitative estimate of drug-likeness (QED) is 0.377. The maximum Gasteiger partial charge on any atom is 0.344 e.